The Morgan fingerprint density at radius 2 is 1.94 bits per heavy atom. The zero-order valence-corrected chi connectivity index (χ0v) is 9.35. The maximum atomic E-state index is 10.2. The molecule has 0 radical (unpaired) electrons. The minimum Gasteiger partial charge on any atom is -0.387 e. The number of fused-ring (bicyclic) bond motifs is 1. The fourth-order valence-electron chi connectivity index (χ4n) is 1.76. The van der Waals surface area contributed by atoms with E-state index in [0.717, 1.165) is 10.8 Å². The molecule has 2 N–H and O–H groups in total. The van der Waals surface area contributed by atoms with Crippen LogP contribution in [0.3, 0.4) is 0 Å². The molecule has 0 heterocycles. The summed E-state index contributed by atoms with van der Waals surface area (Å²) in [5.74, 6) is 0. The molecule has 0 aliphatic heterocycles. The van der Waals surface area contributed by atoms with E-state index in [1.165, 1.54) is 0 Å². The van der Waals surface area contributed by atoms with Crippen molar-refractivity contribution in [3.05, 3.63) is 48.0 Å². The van der Waals surface area contributed by atoms with Gasteiger partial charge < -0.3 is 10.4 Å². The molecule has 0 spiro atoms. The average molecular weight is 235 g/mol. The normalized spacial score (nSPS) is 19.9. The van der Waals surface area contributed by atoms with E-state index in [-0.39, 0.29) is 6.54 Å². The zero-order valence-electron chi connectivity index (χ0n) is 15.4. The first-order valence-electron chi connectivity index (χ1n) is 8.49. The fourth-order valence-corrected chi connectivity index (χ4v) is 1.76. The van der Waals surface area contributed by atoms with Crippen LogP contribution in [-0.2, 0) is 0 Å². The van der Waals surface area contributed by atoms with E-state index in [2.05, 4.69) is 5.32 Å². The monoisotopic (exact) mass is 235 g/mol. The molecular weight excluding hydrogens is 210 g/mol. The lowest BCUT2D eigenvalue weighted by Gasteiger charge is -2.15. The summed E-state index contributed by atoms with van der Waals surface area (Å²) in [5.41, 5.74) is 0.603. The fraction of sp³-hybridized carbons (Fsp3) is 0.333. The number of hydrogen-bond acceptors (Lipinski definition) is 2. The second-order valence-corrected chi connectivity index (χ2v) is 3.96. The van der Waals surface area contributed by atoms with Crippen molar-refractivity contribution in [2.75, 3.05) is 6.54 Å². The third kappa shape index (κ3) is 3.05. The second kappa shape index (κ2) is 5.30. The summed E-state index contributed by atoms with van der Waals surface area (Å²) < 4.78 is 44.0. The van der Waals surface area contributed by atoms with E-state index >= 15 is 0 Å². The molecule has 0 aromatic heterocycles. The molecule has 0 aliphatic rings. The van der Waals surface area contributed by atoms with Crippen LogP contribution in [0.25, 0.3) is 10.8 Å². The van der Waals surface area contributed by atoms with Crippen molar-refractivity contribution in [1.29, 1.82) is 0 Å². The summed E-state index contributed by atoms with van der Waals surface area (Å²) in [6.45, 7) is -5.50. The Labute approximate surface area is 111 Å². The van der Waals surface area contributed by atoms with Gasteiger partial charge in [0.1, 0.15) is 0 Å². The molecule has 1 atom stereocenters. The minimum atomic E-state index is -2.67. The second-order valence-electron chi connectivity index (χ2n) is 3.96. The summed E-state index contributed by atoms with van der Waals surface area (Å²) in [6.07, 6.45) is -0.994. The largest absolute Gasteiger partial charge is 0.387 e. The smallest absolute Gasteiger partial charge is 0.0914 e. The molecule has 2 nitrogen and oxygen atoms in total. The maximum Gasteiger partial charge on any atom is 0.0914 e. The summed E-state index contributed by atoms with van der Waals surface area (Å²) in [7, 11) is 0. The van der Waals surface area contributed by atoms with Crippen LogP contribution in [0.5, 0.6) is 0 Å². The van der Waals surface area contributed by atoms with E-state index < -0.39 is 25.8 Å². The van der Waals surface area contributed by atoms with Gasteiger partial charge >= 0.3 is 0 Å². The number of aliphatic hydroxyl groups excluding tert-OH is 1. The summed E-state index contributed by atoms with van der Waals surface area (Å²) in [5, 5.41) is 14.7. The van der Waals surface area contributed by atoms with Gasteiger partial charge in [-0.15, -0.1) is 0 Å². The zero-order chi connectivity index (χ0) is 17.3. The van der Waals surface area contributed by atoms with Gasteiger partial charge in [0.25, 0.3) is 0 Å². The minimum absolute atomic E-state index is 0.153. The van der Waals surface area contributed by atoms with Crippen molar-refractivity contribution in [1.82, 2.24) is 5.32 Å². The van der Waals surface area contributed by atoms with Gasteiger partial charge in [-0.2, -0.15) is 0 Å². The molecule has 2 aromatic carbocycles. The Kier molecular flexibility index (Phi) is 2.03. The molecule has 1 unspecified atom stereocenters. The van der Waals surface area contributed by atoms with Crippen molar-refractivity contribution in [3.8, 4) is 0 Å². The lowest BCUT2D eigenvalue weighted by Crippen LogP contribution is -2.27. The molecule has 17 heavy (non-hydrogen) atoms. The molecule has 2 heteroatoms. The Hall–Kier alpha value is -1.38. The molecule has 90 valence electrons. The highest BCUT2D eigenvalue weighted by molar-refractivity contribution is 5.83. The van der Waals surface area contributed by atoms with Crippen LogP contribution in [0.4, 0.5) is 0 Å². The molecule has 0 bridgehead atoms. The van der Waals surface area contributed by atoms with E-state index in [0.29, 0.717) is 5.56 Å². The van der Waals surface area contributed by atoms with Gasteiger partial charge in [0.15, 0.2) is 0 Å². The quantitative estimate of drug-likeness (QED) is 0.854. The van der Waals surface area contributed by atoms with Crippen LogP contribution in [0.2, 0.25) is 0 Å². The van der Waals surface area contributed by atoms with Crippen LogP contribution >= 0.6 is 0 Å². The summed E-state index contributed by atoms with van der Waals surface area (Å²) in [6, 6.07) is 11.4. The van der Waals surface area contributed by atoms with Gasteiger partial charge in [0.05, 0.1) is 6.10 Å². The Morgan fingerprint density at radius 1 is 1.18 bits per heavy atom. The first kappa shape index (κ1) is 6.53. The highest BCUT2D eigenvalue weighted by Crippen LogP contribution is 2.20. The molecule has 0 amide bonds. The summed E-state index contributed by atoms with van der Waals surface area (Å²) >= 11 is 0. The maximum absolute atomic E-state index is 10.2. The summed E-state index contributed by atoms with van der Waals surface area (Å²) in [4.78, 5) is 0. The van der Waals surface area contributed by atoms with Crippen LogP contribution < -0.4 is 5.32 Å². The van der Waals surface area contributed by atoms with Crippen LogP contribution in [0.1, 0.15) is 33.6 Å². The van der Waals surface area contributed by atoms with E-state index in [9.17, 15) is 5.11 Å². The number of hydrogen-bond donors (Lipinski definition) is 2. The van der Waals surface area contributed by atoms with Gasteiger partial charge in [-0.05, 0) is 22.4 Å². The van der Waals surface area contributed by atoms with Crippen LogP contribution in [-0.4, -0.2) is 17.7 Å². The molecule has 0 fully saturated rings. The highest BCUT2D eigenvalue weighted by Gasteiger charge is 2.08. The van der Waals surface area contributed by atoms with Gasteiger partial charge in [0, 0.05) is 20.8 Å². The van der Waals surface area contributed by atoms with Crippen molar-refractivity contribution >= 4 is 10.8 Å². The first-order valence-corrected chi connectivity index (χ1v) is 5.49. The molecule has 2 aromatic rings. The molecule has 0 saturated heterocycles. The first-order chi connectivity index (χ1) is 10.6. The van der Waals surface area contributed by atoms with E-state index in [1.54, 1.807) is 12.1 Å². The Balaban J connectivity index is 2.12. The number of nitrogens with one attached hydrogen (secondary N) is 1. The molecular formula is C15H19NO. The van der Waals surface area contributed by atoms with E-state index in [4.69, 9.17) is 8.22 Å². The third-order valence-corrected chi connectivity index (χ3v) is 2.67. The molecule has 0 aliphatic carbocycles. The number of benzene rings is 2. The molecule has 2 rings (SSSR count). The van der Waals surface area contributed by atoms with Gasteiger partial charge in [-0.1, -0.05) is 50.1 Å². The van der Waals surface area contributed by atoms with Gasteiger partial charge in [0.2, 0.25) is 0 Å². The predicted octanol–water partition coefficient (Wildman–Crippen LogP) is 2.87. The van der Waals surface area contributed by atoms with Crippen molar-refractivity contribution in [2.45, 2.75) is 25.8 Å². The lowest BCUT2D eigenvalue weighted by atomic mass is 10.0. The highest BCUT2D eigenvalue weighted by atomic mass is 16.3. The SMILES string of the molecule is [2H]C([2H])([2H])C(NCC(O)c1ccc2ccccc2c1)C([2H])([2H])[2H]. The van der Waals surface area contributed by atoms with E-state index in [1.807, 2.05) is 30.3 Å². The van der Waals surface area contributed by atoms with Gasteiger partial charge in [-0.3, -0.25) is 0 Å². The van der Waals surface area contributed by atoms with Crippen LogP contribution in [0.15, 0.2) is 42.5 Å². The number of rotatable bonds is 4. The Bertz CT molecular complexity index is 653. The average Bonchev–Trinajstić information content (AvgIpc) is 2.43. The van der Waals surface area contributed by atoms with Gasteiger partial charge in [-0.25, -0.2) is 0 Å². The molecule has 0 saturated carbocycles. The number of aliphatic hydroxyl groups is 1. The standard InChI is InChI=1S/C15H19NO/c1-11(2)16-10-15(17)14-8-7-12-5-3-4-6-13(12)9-14/h3-9,11,15-17H,10H2,1-2H3/i1D3,2D3. The van der Waals surface area contributed by atoms with Crippen molar-refractivity contribution < 1.29 is 13.3 Å². The Morgan fingerprint density at radius 3 is 2.71 bits per heavy atom. The lowest BCUT2D eigenvalue weighted by molar-refractivity contribution is 0.172. The topological polar surface area (TPSA) is 32.3 Å². The van der Waals surface area contributed by atoms with Crippen molar-refractivity contribution in [2.24, 2.45) is 0 Å². The van der Waals surface area contributed by atoms with Crippen molar-refractivity contribution in [3.63, 3.8) is 0 Å². The van der Waals surface area contributed by atoms with Crippen LogP contribution in [0, 0.1) is 0 Å². The third-order valence-electron chi connectivity index (χ3n) is 2.67. The predicted molar refractivity (Wildman–Crippen MR) is 72.0 cm³/mol.